The lowest BCUT2D eigenvalue weighted by atomic mass is 10.2. The average Bonchev–Trinajstić information content (AvgIpc) is 3.48. The molecule has 0 aliphatic heterocycles. The van der Waals surface area contributed by atoms with Crippen LogP contribution in [0.1, 0.15) is 26.1 Å². The molecule has 4 rings (SSSR count). The van der Waals surface area contributed by atoms with Crippen molar-refractivity contribution in [1.82, 2.24) is 20.4 Å². The van der Waals surface area contributed by atoms with Crippen LogP contribution in [0.4, 0.5) is 6.01 Å². The maximum Gasteiger partial charge on any atom is 0.302 e. The Balaban J connectivity index is 1.34. The molecule has 0 bridgehead atoms. The molecular formula is C18H13N5O4S. The van der Waals surface area contributed by atoms with Gasteiger partial charge in [-0.3, -0.25) is 14.9 Å². The number of nitrogens with one attached hydrogen (secondary N) is 2. The molecule has 0 spiro atoms. The first-order chi connectivity index (χ1) is 13.7. The summed E-state index contributed by atoms with van der Waals surface area (Å²) in [4.78, 5) is 32.8. The number of benzene rings is 1. The highest BCUT2D eigenvalue weighted by molar-refractivity contribution is 7.12. The maximum absolute atomic E-state index is 12.2. The number of amides is 2. The minimum absolute atomic E-state index is 0.0178. The van der Waals surface area contributed by atoms with Crippen molar-refractivity contribution in [3.63, 3.8) is 0 Å². The van der Waals surface area contributed by atoms with Gasteiger partial charge in [0.1, 0.15) is 6.26 Å². The van der Waals surface area contributed by atoms with Crippen LogP contribution < -0.4 is 10.6 Å². The van der Waals surface area contributed by atoms with Gasteiger partial charge in [0.15, 0.2) is 5.69 Å². The van der Waals surface area contributed by atoms with Crippen LogP contribution in [0.5, 0.6) is 0 Å². The summed E-state index contributed by atoms with van der Waals surface area (Å²) in [6.45, 7) is 0.0302. The van der Waals surface area contributed by atoms with E-state index in [0.717, 1.165) is 11.8 Å². The van der Waals surface area contributed by atoms with Crippen LogP contribution in [-0.2, 0) is 6.54 Å². The van der Waals surface area contributed by atoms with Gasteiger partial charge in [0.2, 0.25) is 11.7 Å². The summed E-state index contributed by atoms with van der Waals surface area (Å²) in [6.07, 6.45) is 1.16. The van der Waals surface area contributed by atoms with E-state index in [9.17, 15) is 9.59 Å². The summed E-state index contributed by atoms with van der Waals surface area (Å²) in [6, 6.07) is 12.7. The fraction of sp³-hybridized carbons (Fsp3) is 0.0556. The first-order valence-electron chi connectivity index (χ1n) is 8.15. The zero-order valence-corrected chi connectivity index (χ0v) is 15.1. The molecule has 4 aromatic rings. The molecule has 1 aromatic carbocycles. The largest absolute Gasteiger partial charge is 0.431 e. The van der Waals surface area contributed by atoms with Gasteiger partial charge in [-0.2, -0.15) is 9.97 Å². The fourth-order valence-electron chi connectivity index (χ4n) is 2.28. The minimum atomic E-state index is -0.500. The summed E-state index contributed by atoms with van der Waals surface area (Å²) in [5.74, 6) is -0.172. The second kappa shape index (κ2) is 7.84. The number of rotatable bonds is 6. The summed E-state index contributed by atoms with van der Waals surface area (Å²) < 4.78 is 10.2. The lowest BCUT2D eigenvalue weighted by Gasteiger charge is -1.98. The van der Waals surface area contributed by atoms with Gasteiger partial charge in [0.25, 0.3) is 11.8 Å². The Morgan fingerprint density at radius 3 is 2.68 bits per heavy atom. The number of thiophene rings is 1. The highest BCUT2D eigenvalue weighted by Gasteiger charge is 2.16. The van der Waals surface area contributed by atoms with E-state index >= 15 is 0 Å². The molecule has 0 aliphatic rings. The molecule has 28 heavy (non-hydrogen) atoms. The molecule has 2 N–H and O–H groups in total. The van der Waals surface area contributed by atoms with Gasteiger partial charge in [-0.1, -0.05) is 41.6 Å². The van der Waals surface area contributed by atoms with Gasteiger partial charge in [-0.25, -0.2) is 0 Å². The van der Waals surface area contributed by atoms with Crippen molar-refractivity contribution < 1.29 is 18.5 Å². The van der Waals surface area contributed by atoms with Gasteiger partial charge in [-0.15, -0.1) is 11.3 Å². The van der Waals surface area contributed by atoms with E-state index in [4.69, 9.17) is 8.94 Å². The van der Waals surface area contributed by atoms with Gasteiger partial charge < -0.3 is 14.3 Å². The first kappa shape index (κ1) is 17.6. The number of oxazole rings is 1. The molecule has 0 aliphatic carbocycles. The summed E-state index contributed by atoms with van der Waals surface area (Å²) >= 11 is 1.29. The van der Waals surface area contributed by atoms with Crippen molar-refractivity contribution in [2.75, 3.05) is 5.32 Å². The molecule has 2 amide bonds. The van der Waals surface area contributed by atoms with Crippen LogP contribution >= 0.6 is 11.3 Å². The van der Waals surface area contributed by atoms with Crippen LogP contribution in [0.2, 0.25) is 0 Å². The monoisotopic (exact) mass is 395 g/mol. The van der Waals surface area contributed by atoms with E-state index in [1.54, 1.807) is 17.5 Å². The van der Waals surface area contributed by atoms with Crippen LogP contribution in [0.15, 0.2) is 63.0 Å². The minimum Gasteiger partial charge on any atom is -0.431 e. The second-order valence-corrected chi connectivity index (χ2v) is 6.48. The Morgan fingerprint density at radius 1 is 1.04 bits per heavy atom. The van der Waals surface area contributed by atoms with E-state index < -0.39 is 5.91 Å². The van der Waals surface area contributed by atoms with Gasteiger partial charge in [0.05, 0.1) is 11.4 Å². The van der Waals surface area contributed by atoms with Crippen LogP contribution in [0.25, 0.3) is 11.4 Å². The maximum atomic E-state index is 12.2. The molecule has 0 radical (unpaired) electrons. The van der Waals surface area contributed by atoms with E-state index in [2.05, 4.69) is 25.8 Å². The lowest BCUT2D eigenvalue weighted by molar-refractivity contribution is 0.0940. The molecule has 0 saturated heterocycles. The molecule has 10 heteroatoms. The third-order valence-corrected chi connectivity index (χ3v) is 4.47. The Hall–Kier alpha value is -3.79. The number of nitrogens with zero attached hydrogens (tertiary/aromatic N) is 3. The number of hydrogen-bond donors (Lipinski definition) is 2. The number of anilines is 1. The molecule has 9 nitrogen and oxygen atoms in total. The predicted octanol–water partition coefficient (Wildman–Crippen LogP) is 2.97. The van der Waals surface area contributed by atoms with Gasteiger partial charge in [-0.05, 0) is 11.4 Å². The van der Waals surface area contributed by atoms with E-state index in [0.29, 0.717) is 10.7 Å². The topological polar surface area (TPSA) is 123 Å². The molecule has 0 fully saturated rings. The molecule has 0 saturated carbocycles. The Labute approximate surface area is 162 Å². The third-order valence-electron chi connectivity index (χ3n) is 3.60. The molecule has 3 aromatic heterocycles. The second-order valence-electron chi connectivity index (χ2n) is 5.53. The Bertz CT molecular complexity index is 1090. The van der Waals surface area contributed by atoms with Gasteiger partial charge >= 0.3 is 6.01 Å². The first-order valence-corrected chi connectivity index (χ1v) is 9.03. The smallest absolute Gasteiger partial charge is 0.302 e. The quantitative estimate of drug-likeness (QED) is 0.514. The van der Waals surface area contributed by atoms with Crippen LogP contribution in [-0.4, -0.2) is 26.9 Å². The SMILES string of the molecule is O=C(NCc1nc(-c2ccccc2)no1)c1coc(NC(=O)c2cccs2)n1. The summed E-state index contributed by atoms with van der Waals surface area (Å²) in [5, 5.41) is 10.8. The van der Waals surface area contributed by atoms with Crippen molar-refractivity contribution in [2.45, 2.75) is 6.54 Å². The highest BCUT2D eigenvalue weighted by atomic mass is 32.1. The van der Waals surface area contributed by atoms with E-state index in [1.165, 1.54) is 11.3 Å². The standard InChI is InChI=1S/C18H13N5O4S/c24-16(12-10-26-18(20-12)22-17(25)13-7-4-8-28-13)19-9-14-21-15(23-27-14)11-5-2-1-3-6-11/h1-8,10H,9H2,(H,19,24)(H,20,22,25). The normalized spacial score (nSPS) is 10.6. The number of carbonyl (C=O) groups excluding carboxylic acids is 2. The van der Waals surface area contributed by atoms with Crippen LogP contribution in [0, 0.1) is 0 Å². The summed E-state index contributed by atoms with van der Waals surface area (Å²) in [7, 11) is 0. The zero-order valence-electron chi connectivity index (χ0n) is 14.3. The number of hydrogen-bond acceptors (Lipinski definition) is 8. The molecule has 3 heterocycles. The van der Waals surface area contributed by atoms with Crippen molar-refractivity contribution in [1.29, 1.82) is 0 Å². The van der Waals surface area contributed by atoms with Crippen molar-refractivity contribution >= 4 is 29.2 Å². The van der Waals surface area contributed by atoms with E-state index in [-0.39, 0.29) is 30.1 Å². The number of carbonyl (C=O) groups is 2. The van der Waals surface area contributed by atoms with Crippen molar-refractivity contribution in [3.05, 3.63) is 70.6 Å². The Kier molecular flexibility index (Phi) is 4.93. The summed E-state index contributed by atoms with van der Waals surface area (Å²) in [5.41, 5.74) is 0.829. The van der Waals surface area contributed by atoms with Crippen molar-refractivity contribution in [2.24, 2.45) is 0 Å². The zero-order chi connectivity index (χ0) is 19.3. The predicted molar refractivity (Wildman–Crippen MR) is 99.7 cm³/mol. The molecular weight excluding hydrogens is 382 g/mol. The molecule has 140 valence electrons. The Morgan fingerprint density at radius 2 is 1.89 bits per heavy atom. The lowest BCUT2D eigenvalue weighted by Crippen LogP contribution is -2.23. The average molecular weight is 395 g/mol. The molecule has 0 atom stereocenters. The fourth-order valence-corrected chi connectivity index (χ4v) is 2.90. The number of aromatic nitrogens is 3. The van der Waals surface area contributed by atoms with Crippen molar-refractivity contribution in [3.8, 4) is 11.4 Å². The molecule has 0 unspecified atom stereocenters. The van der Waals surface area contributed by atoms with E-state index in [1.807, 2.05) is 30.3 Å². The highest BCUT2D eigenvalue weighted by Crippen LogP contribution is 2.15. The van der Waals surface area contributed by atoms with Gasteiger partial charge in [0, 0.05) is 5.56 Å². The third kappa shape index (κ3) is 3.96. The van der Waals surface area contributed by atoms with Crippen LogP contribution in [0.3, 0.4) is 0 Å².